The summed E-state index contributed by atoms with van der Waals surface area (Å²) in [6.07, 6.45) is 10.8. The number of terminal acetylenes is 1. The molecule has 0 atom stereocenters. The van der Waals surface area contributed by atoms with Crippen LogP contribution in [-0.2, 0) is 0 Å². The molecule has 0 unspecified atom stereocenters. The quantitative estimate of drug-likeness (QED) is 0.420. The number of ether oxygens (including phenoxy) is 1. The highest BCUT2D eigenvalue weighted by molar-refractivity contribution is 9.10. The van der Waals surface area contributed by atoms with Crippen LogP contribution in [0.4, 0.5) is 11.4 Å². The lowest BCUT2D eigenvalue weighted by atomic mass is 10.1. The monoisotopic (exact) mass is 415 g/mol. The van der Waals surface area contributed by atoms with Gasteiger partial charge in [0.05, 0.1) is 16.8 Å². The maximum atomic E-state index is 5.80. The van der Waals surface area contributed by atoms with Crippen molar-refractivity contribution in [2.75, 3.05) is 5.32 Å². The third-order valence-electron chi connectivity index (χ3n) is 3.99. The van der Waals surface area contributed by atoms with Crippen LogP contribution in [0.2, 0.25) is 0 Å². The van der Waals surface area contributed by atoms with Gasteiger partial charge in [-0.05, 0) is 54.6 Å². The van der Waals surface area contributed by atoms with Crippen LogP contribution < -0.4 is 10.1 Å². The molecule has 0 saturated carbocycles. The predicted molar refractivity (Wildman–Crippen MR) is 111 cm³/mol. The van der Waals surface area contributed by atoms with Gasteiger partial charge in [-0.2, -0.15) is 0 Å². The van der Waals surface area contributed by atoms with Crippen molar-refractivity contribution >= 4 is 38.2 Å². The van der Waals surface area contributed by atoms with Gasteiger partial charge >= 0.3 is 0 Å². The summed E-state index contributed by atoms with van der Waals surface area (Å²) < 4.78 is 6.77. The molecule has 27 heavy (non-hydrogen) atoms. The van der Waals surface area contributed by atoms with Crippen molar-refractivity contribution < 1.29 is 4.74 Å². The molecule has 0 saturated heterocycles. The van der Waals surface area contributed by atoms with Crippen molar-refractivity contribution in [1.29, 1.82) is 0 Å². The fourth-order valence-corrected chi connectivity index (χ4v) is 3.06. The van der Waals surface area contributed by atoms with Gasteiger partial charge in [0, 0.05) is 34.1 Å². The lowest BCUT2D eigenvalue weighted by molar-refractivity contribution is 0.482. The minimum Gasteiger partial charge on any atom is -0.457 e. The number of benzene rings is 2. The van der Waals surface area contributed by atoms with E-state index >= 15 is 0 Å². The SMILES string of the molecule is C#Cc1cnc2ccc(Br)cc2c1Nc1ccc(Oc2ccncc2)cc1. The Labute approximate surface area is 165 Å². The van der Waals surface area contributed by atoms with Crippen molar-refractivity contribution in [2.45, 2.75) is 0 Å². The summed E-state index contributed by atoms with van der Waals surface area (Å²) >= 11 is 3.51. The third kappa shape index (κ3) is 3.76. The maximum Gasteiger partial charge on any atom is 0.130 e. The van der Waals surface area contributed by atoms with Gasteiger partial charge in [0.15, 0.2) is 0 Å². The normalized spacial score (nSPS) is 10.4. The standard InChI is InChI=1S/C22H14BrN3O/c1-2-15-14-25-21-8-3-16(23)13-20(21)22(15)26-17-4-6-18(7-5-17)27-19-9-11-24-12-10-19/h1,3-14H,(H,25,26). The first-order valence-corrected chi connectivity index (χ1v) is 9.02. The van der Waals surface area contributed by atoms with E-state index in [1.165, 1.54) is 0 Å². The van der Waals surface area contributed by atoms with Gasteiger partial charge in [0.1, 0.15) is 11.5 Å². The highest BCUT2D eigenvalue weighted by Gasteiger charge is 2.09. The summed E-state index contributed by atoms with van der Waals surface area (Å²) in [5.74, 6) is 4.18. The van der Waals surface area contributed by atoms with Gasteiger partial charge in [0.25, 0.3) is 0 Å². The number of hydrogen-bond donors (Lipinski definition) is 1. The molecule has 4 nitrogen and oxygen atoms in total. The second-order valence-corrected chi connectivity index (χ2v) is 6.70. The second kappa shape index (κ2) is 7.48. The fourth-order valence-electron chi connectivity index (χ4n) is 2.70. The number of nitrogens with zero attached hydrogens (tertiary/aromatic N) is 2. The van der Waals surface area contributed by atoms with Gasteiger partial charge in [-0.3, -0.25) is 9.97 Å². The summed E-state index contributed by atoms with van der Waals surface area (Å²) in [5, 5.41) is 4.37. The molecule has 2 heterocycles. The molecule has 0 spiro atoms. The fraction of sp³-hybridized carbons (Fsp3) is 0. The predicted octanol–water partition coefficient (Wildman–Crippen LogP) is 5.91. The van der Waals surface area contributed by atoms with Crippen LogP contribution in [0, 0.1) is 12.3 Å². The van der Waals surface area contributed by atoms with E-state index in [1.807, 2.05) is 54.6 Å². The minimum atomic E-state index is 0.706. The molecule has 0 aliphatic rings. The molecule has 0 aliphatic carbocycles. The molecule has 0 bridgehead atoms. The highest BCUT2D eigenvalue weighted by Crippen LogP contribution is 2.31. The molecule has 0 radical (unpaired) electrons. The van der Waals surface area contributed by atoms with Crippen molar-refractivity contribution in [2.24, 2.45) is 0 Å². The Hall–Kier alpha value is -3.36. The van der Waals surface area contributed by atoms with Crippen molar-refractivity contribution in [3.05, 3.63) is 83.2 Å². The number of nitrogens with one attached hydrogen (secondary N) is 1. The van der Waals surface area contributed by atoms with Crippen LogP contribution >= 0.6 is 15.9 Å². The van der Waals surface area contributed by atoms with Crippen LogP contribution in [0.15, 0.2) is 77.7 Å². The lowest BCUT2D eigenvalue weighted by Crippen LogP contribution is -1.97. The van der Waals surface area contributed by atoms with E-state index in [2.05, 4.69) is 37.1 Å². The zero-order chi connectivity index (χ0) is 18.6. The first-order chi connectivity index (χ1) is 13.2. The molecular formula is C22H14BrN3O. The molecule has 0 fully saturated rings. The van der Waals surface area contributed by atoms with Crippen molar-refractivity contribution in [3.63, 3.8) is 0 Å². The largest absolute Gasteiger partial charge is 0.457 e. The van der Waals surface area contributed by atoms with E-state index in [9.17, 15) is 0 Å². The number of halogens is 1. The molecule has 2 aromatic carbocycles. The van der Waals surface area contributed by atoms with Crippen LogP contribution in [-0.4, -0.2) is 9.97 Å². The summed E-state index contributed by atoms with van der Waals surface area (Å²) in [6.45, 7) is 0. The minimum absolute atomic E-state index is 0.706. The van der Waals surface area contributed by atoms with Crippen molar-refractivity contribution in [3.8, 4) is 23.8 Å². The number of aromatic nitrogens is 2. The van der Waals surface area contributed by atoms with Crippen LogP contribution in [0.25, 0.3) is 10.9 Å². The van der Waals surface area contributed by atoms with E-state index in [-0.39, 0.29) is 0 Å². The number of pyridine rings is 2. The second-order valence-electron chi connectivity index (χ2n) is 5.79. The molecule has 2 aromatic heterocycles. The van der Waals surface area contributed by atoms with Gasteiger partial charge in [-0.25, -0.2) is 0 Å². The lowest BCUT2D eigenvalue weighted by Gasteiger charge is -2.13. The molecule has 0 amide bonds. The molecule has 0 aliphatic heterocycles. The Kier molecular flexibility index (Phi) is 4.73. The van der Waals surface area contributed by atoms with Crippen LogP contribution in [0.3, 0.4) is 0 Å². The average molecular weight is 416 g/mol. The van der Waals surface area contributed by atoms with Crippen molar-refractivity contribution in [1.82, 2.24) is 9.97 Å². The summed E-state index contributed by atoms with van der Waals surface area (Å²) in [6, 6.07) is 17.2. The Bertz CT molecular complexity index is 1140. The maximum absolute atomic E-state index is 5.80. The molecule has 4 rings (SSSR count). The molecule has 5 heteroatoms. The highest BCUT2D eigenvalue weighted by atomic mass is 79.9. The van der Waals surface area contributed by atoms with Gasteiger partial charge < -0.3 is 10.1 Å². The summed E-state index contributed by atoms with van der Waals surface area (Å²) in [5.41, 5.74) is 3.34. The molecule has 130 valence electrons. The number of hydrogen-bond acceptors (Lipinski definition) is 4. The van der Waals surface area contributed by atoms with Crippen LogP contribution in [0.5, 0.6) is 11.5 Å². The molecule has 1 N–H and O–H groups in total. The Morgan fingerprint density at radius 1 is 0.963 bits per heavy atom. The topological polar surface area (TPSA) is 47.0 Å². The first-order valence-electron chi connectivity index (χ1n) is 8.23. The van der Waals surface area contributed by atoms with E-state index in [0.29, 0.717) is 5.56 Å². The Balaban J connectivity index is 1.64. The van der Waals surface area contributed by atoms with Gasteiger partial charge in [-0.15, -0.1) is 6.42 Å². The molecule has 4 aromatic rings. The zero-order valence-corrected chi connectivity index (χ0v) is 15.8. The Morgan fingerprint density at radius 2 is 1.70 bits per heavy atom. The third-order valence-corrected chi connectivity index (χ3v) is 4.49. The number of fused-ring (bicyclic) bond motifs is 1. The van der Waals surface area contributed by atoms with E-state index in [4.69, 9.17) is 11.2 Å². The van der Waals surface area contributed by atoms with Gasteiger partial charge in [0.2, 0.25) is 0 Å². The Morgan fingerprint density at radius 3 is 2.44 bits per heavy atom. The van der Waals surface area contributed by atoms with Crippen LogP contribution in [0.1, 0.15) is 5.56 Å². The number of rotatable bonds is 4. The van der Waals surface area contributed by atoms with Gasteiger partial charge in [-0.1, -0.05) is 21.9 Å². The van der Waals surface area contributed by atoms with E-state index < -0.39 is 0 Å². The average Bonchev–Trinajstić information content (AvgIpc) is 2.70. The first kappa shape index (κ1) is 17.1. The molecular weight excluding hydrogens is 402 g/mol. The summed E-state index contributed by atoms with van der Waals surface area (Å²) in [7, 11) is 0. The summed E-state index contributed by atoms with van der Waals surface area (Å²) in [4.78, 5) is 8.41. The van der Waals surface area contributed by atoms with E-state index in [0.717, 1.165) is 38.2 Å². The van der Waals surface area contributed by atoms with E-state index in [1.54, 1.807) is 18.6 Å². The zero-order valence-electron chi connectivity index (χ0n) is 14.2. The number of anilines is 2. The smallest absolute Gasteiger partial charge is 0.130 e.